The third-order valence-corrected chi connectivity index (χ3v) is 7.35. The van der Waals surface area contributed by atoms with E-state index in [4.69, 9.17) is 11.6 Å². The summed E-state index contributed by atoms with van der Waals surface area (Å²) < 4.78 is 41.1. The summed E-state index contributed by atoms with van der Waals surface area (Å²) in [5, 5.41) is 10.3. The number of pyridine rings is 2. The lowest BCUT2D eigenvalue weighted by atomic mass is 10.0. The van der Waals surface area contributed by atoms with Gasteiger partial charge in [-0.05, 0) is 86.9 Å². The zero-order chi connectivity index (χ0) is 28.3. The molecule has 1 fully saturated rings. The number of hydrogen-bond donors (Lipinski definition) is 1. The number of rotatable bonds is 5. The van der Waals surface area contributed by atoms with E-state index in [0.29, 0.717) is 40.3 Å². The van der Waals surface area contributed by atoms with Gasteiger partial charge in [0, 0.05) is 18.1 Å². The highest BCUT2D eigenvalue weighted by molar-refractivity contribution is 6.31. The first-order valence-corrected chi connectivity index (χ1v) is 12.8. The monoisotopic (exact) mass is 554 g/mol. The zero-order valence-electron chi connectivity index (χ0n) is 21.7. The van der Waals surface area contributed by atoms with Crippen LogP contribution in [0.25, 0.3) is 17.1 Å². The molecule has 2 atom stereocenters. The van der Waals surface area contributed by atoms with Gasteiger partial charge in [-0.3, -0.25) is 14.3 Å². The van der Waals surface area contributed by atoms with Crippen LogP contribution in [-0.2, 0) is 11.8 Å². The summed E-state index contributed by atoms with van der Waals surface area (Å²) in [4.78, 5) is 26.6. The first kappa shape index (κ1) is 27.0. The molecule has 1 saturated carbocycles. The minimum absolute atomic E-state index is 0.0455. The average molecular weight is 555 g/mol. The van der Waals surface area contributed by atoms with Crippen LogP contribution in [0.5, 0.6) is 0 Å². The third-order valence-electron chi connectivity index (χ3n) is 6.97. The van der Waals surface area contributed by atoms with Crippen LogP contribution < -0.4 is 5.56 Å². The molecule has 1 aromatic carbocycles. The van der Waals surface area contributed by atoms with Crippen molar-refractivity contribution in [3.8, 4) is 17.1 Å². The maximum absolute atomic E-state index is 13.6. The molecule has 202 valence electrons. The molecule has 1 N–H and O–H groups in total. The number of alkyl halides is 3. The van der Waals surface area contributed by atoms with Crippen molar-refractivity contribution in [2.24, 2.45) is 0 Å². The molecule has 0 aliphatic heterocycles. The average Bonchev–Trinajstić information content (AvgIpc) is 3.67. The largest absolute Gasteiger partial charge is 0.416 e. The summed E-state index contributed by atoms with van der Waals surface area (Å²) in [5.74, 6) is -0.0433. The summed E-state index contributed by atoms with van der Waals surface area (Å²) in [6, 6.07) is 10.5. The molecule has 0 bridgehead atoms. The zero-order valence-corrected chi connectivity index (χ0v) is 22.5. The van der Waals surface area contributed by atoms with Gasteiger partial charge in [0.25, 0.3) is 5.56 Å². The highest BCUT2D eigenvalue weighted by atomic mass is 35.5. The summed E-state index contributed by atoms with van der Waals surface area (Å²) in [7, 11) is 0. The fourth-order valence-electron chi connectivity index (χ4n) is 4.85. The molecule has 10 heteroatoms. The Morgan fingerprint density at radius 3 is 2.46 bits per heavy atom. The number of aliphatic hydroxyl groups is 1. The maximum atomic E-state index is 13.6. The molecule has 0 radical (unpaired) electrons. The van der Waals surface area contributed by atoms with Crippen molar-refractivity contribution in [1.82, 2.24) is 19.5 Å². The van der Waals surface area contributed by atoms with Gasteiger partial charge in [0.05, 0.1) is 22.6 Å². The number of hydrogen-bond acceptors (Lipinski definition) is 5. The Hall–Kier alpha value is -3.56. The fraction of sp³-hybridized carbons (Fsp3) is 0.310. The van der Waals surface area contributed by atoms with Crippen LogP contribution in [0.4, 0.5) is 13.2 Å². The summed E-state index contributed by atoms with van der Waals surface area (Å²) in [6.45, 7) is 6.79. The number of aryl methyl sites for hydroxylation is 2. The van der Waals surface area contributed by atoms with Crippen molar-refractivity contribution in [3.63, 3.8) is 0 Å². The molecular formula is C29H26ClF3N4O2. The van der Waals surface area contributed by atoms with Gasteiger partial charge in [-0.15, -0.1) is 0 Å². The Morgan fingerprint density at radius 1 is 1.03 bits per heavy atom. The number of halogens is 4. The van der Waals surface area contributed by atoms with Crippen molar-refractivity contribution in [2.45, 2.75) is 57.7 Å². The lowest BCUT2D eigenvalue weighted by molar-refractivity contribution is -0.137. The van der Waals surface area contributed by atoms with Crippen molar-refractivity contribution in [3.05, 3.63) is 104 Å². The van der Waals surface area contributed by atoms with Gasteiger partial charge in [-0.2, -0.15) is 13.2 Å². The van der Waals surface area contributed by atoms with Gasteiger partial charge >= 0.3 is 6.18 Å². The van der Waals surface area contributed by atoms with Gasteiger partial charge in [-0.1, -0.05) is 29.8 Å². The van der Waals surface area contributed by atoms with Crippen molar-refractivity contribution >= 4 is 11.6 Å². The van der Waals surface area contributed by atoms with Crippen LogP contribution in [0.1, 0.15) is 65.9 Å². The standard InChI is InChI=1S/C29H26ClF3N4O2/c1-15-14-35-23(22-8-9-34-27(36-22)28(3,4)39)13-24(15)37-16(2)10-21(25(30)26(37)38)20-12-19(20)17-6-5-7-18(11-17)29(31,32)33/h5-11,13-14,19-20,39H,12H2,1-4H3/t19-,20+/m1/s1. The molecular weight excluding hydrogens is 529 g/mol. The SMILES string of the molecule is Cc1cnc(-c2ccnc(C(C)(C)O)n2)cc1-n1c(C)cc([C@H]2C[C@@H]2c2cccc(C(F)(F)F)c2)c(Cl)c1=O. The number of nitrogens with zero attached hydrogens (tertiary/aromatic N) is 4. The number of aromatic nitrogens is 4. The second-order valence-electron chi connectivity index (χ2n) is 10.4. The van der Waals surface area contributed by atoms with Crippen molar-refractivity contribution in [2.75, 3.05) is 0 Å². The minimum Gasteiger partial charge on any atom is -0.382 e. The molecule has 3 heterocycles. The fourth-order valence-corrected chi connectivity index (χ4v) is 5.13. The quantitative estimate of drug-likeness (QED) is 0.305. The van der Waals surface area contributed by atoms with Crippen LogP contribution >= 0.6 is 11.6 Å². The smallest absolute Gasteiger partial charge is 0.382 e. The van der Waals surface area contributed by atoms with Gasteiger partial charge in [0.2, 0.25) is 0 Å². The number of benzene rings is 1. The van der Waals surface area contributed by atoms with E-state index in [0.717, 1.165) is 11.6 Å². The highest BCUT2D eigenvalue weighted by Gasteiger charge is 2.42. The Morgan fingerprint density at radius 2 is 1.77 bits per heavy atom. The molecule has 4 aromatic rings. The third kappa shape index (κ3) is 5.21. The van der Waals surface area contributed by atoms with Crippen molar-refractivity contribution in [1.29, 1.82) is 0 Å². The van der Waals surface area contributed by atoms with Crippen LogP contribution in [0.2, 0.25) is 5.02 Å². The first-order chi connectivity index (χ1) is 18.3. The predicted molar refractivity (Wildman–Crippen MR) is 142 cm³/mol. The molecule has 6 nitrogen and oxygen atoms in total. The Kier molecular flexibility index (Phi) is 6.63. The van der Waals surface area contributed by atoms with E-state index in [2.05, 4.69) is 15.0 Å². The summed E-state index contributed by atoms with van der Waals surface area (Å²) in [6.07, 6.45) is -0.636. The predicted octanol–water partition coefficient (Wildman–Crippen LogP) is 6.48. The first-order valence-electron chi connectivity index (χ1n) is 12.4. The lowest BCUT2D eigenvalue weighted by Crippen LogP contribution is -2.23. The summed E-state index contributed by atoms with van der Waals surface area (Å²) in [5.41, 5.74) is 1.78. The topological polar surface area (TPSA) is 80.9 Å². The van der Waals surface area contributed by atoms with Crippen molar-refractivity contribution < 1.29 is 18.3 Å². The van der Waals surface area contributed by atoms with Crippen LogP contribution in [-0.4, -0.2) is 24.6 Å². The highest BCUT2D eigenvalue weighted by Crippen LogP contribution is 2.56. The van der Waals surface area contributed by atoms with Crippen LogP contribution in [0.3, 0.4) is 0 Å². The Labute approximate surface area is 228 Å². The molecule has 39 heavy (non-hydrogen) atoms. The molecule has 0 saturated heterocycles. The molecule has 0 unspecified atom stereocenters. The van der Waals surface area contributed by atoms with Gasteiger partial charge < -0.3 is 5.11 Å². The van der Waals surface area contributed by atoms with E-state index in [-0.39, 0.29) is 22.7 Å². The Bertz CT molecular complexity index is 1640. The molecule has 5 rings (SSSR count). The second-order valence-corrected chi connectivity index (χ2v) is 10.8. The lowest BCUT2D eigenvalue weighted by Gasteiger charge is -2.17. The summed E-state index contributed by atoms with van der Waals surface area (Å²) >= 11 is 6.61. The van der Waals surface area contributed by atoms with Crippen LogP contribution in [0, 0.1) is 13.8 Å². The van der Waals surface area contributed by atoms with Gasteiger partial charge in [0.1, 0.15) is 10.6 Å². The second kappa shape index (κ2) is 9.57. The molecule has 1 aliphatic rings. The van der Waals surface area contributed by atoms with E-state index in [1.54, 1.807) is 45.2 Å². The van der Waals surface area contributed by atoms with Gasteiger partial charge in [-0.25, -0.2) is 9.97 Å². The maximum Gasteiger partial charge on any atom is 0.416 e. The minimum atomic E-state index is -4.42. The molecule has 3 aromatic heterocycles. The van der Waals surface area contributed by atoms with E-state index >= 15 is 0 Å². The van der Waals surface area contributed by atoms with E-state index < -0.39 is 22.9 Å². The van der Waals surface area contributed by atoms with E-state index in [1.807, 2.05) is 13.0 Å². The normalized spacial score (nSPS) is 17.4. The molecule has 0 spiro atoms. The van der Waals surface area contributed by atoms with E-state index in [1.165, 1.54) is 22.9 Å². The molecule has 1 aliphatic carbocycles. The van der Waals surface area contributed by atoms with E-state index in [9.17, 15) is 23.1 Å². The molecule has 0 amide bonds. The van der Waals surface area contributed by atoms with Gasteiger partial charge in [0.15, 0.2) is 5.82 Å². The van der Waals surface area contributed by atoms with Crippen LogP contribution in [0.15, 0.2) is 59.7 Å². The Balaban J connectivity index is 1.51.